The lowest BCUT2D eigenvalue weighted by Gasteiger charge is -2.26. The molecular weight excluding hydrogens is 472 g/mol. The van der Waals surface area contributed by atoms with Crippen molar-refractivity contribution in [3.8, 4) is 11.5 Å². The van der Waals surface area contributed by atoms with Crippen molar-refractivity contribution in [2.75, 3.05) is 17.3 Å². The van der Waals surface area contributed by atoms with Crippen LogP contribution in [-0.4, -0.2) is 34.9 Å². The lowest BCUT2D eigenvalue weighted by atomic mass is 9.94. The molecule has 1 atom stereocenters. The van der Waals surface area contributed by atoms with Gasteiger partial charge in [0, 0.05) is 28.9 Å². The quantitative estimate of drug-likeness (QED) is 0.271. The van der Waals surface area contributed by atoms with Gasteiger partial charge in [0.2, 0.25) is 5.91 Å². The summed E-state index contributed by atoms with van der Waals surface area (Å²) in [5.41, 5.74) is 1.50. The molecular formula is C26H21ClN2O6. The highest BCUT2D eigenvalue weighted by molar-refractivity contribution is 6.51. The predicted molar refractivity (Wildman–Crippen MR) is 132 cm³/mol. The summed E-state index contributed by atoms with van der Waals surface area (Å²) < 4.78 is 5.21. The van der Waals surface area contributed by atoms with Crippen molar-refractivity contribution >= 4 is 46.3 Å². The number of aliphatic hydroxyl groups is 1. The minimum atomic E-state index is -1.02. The van der Waals surface area contributed by atoms with Crippen molar-refractivity contribution in [2.24, 2.45) is 0 Å². The number of ketones is 1. The van der Waals surface area contributed by atoms with Crippen LogP contribution in [0.5, 0.6) is 11.5 Å². The monoisotopic (exact) mass is 492 g/mol. The van der Waals surface area contributed by atoms with Gasteiger partial charge in [0.25, 0.3) is 11.7 Å². The zero-order valence-corrected chi connectivity index (χ0v) is 19.5. The van der Waals surface area contributed by atoms with Gasteiger partial charge in [-0.25, -0.2) is 0 Å². The van der Waals surface area contributed by atoms with E-state index < -0.39 is 17.7 Å². The minimum Gasteiger partial charge on any atom is -0.507 e. The Hall–Kier alpha value is -4.30. The predicted octanol–water partition coefficient (Wildman–Crippen LogP) is 4.64. The van der Waals surface area contributed by atoms with Gasteiger partial charge in [-0.1, -0.05) is 17.7 Å². The Morgan fingerprint density at radius 1 is 1.03 bits per heavy atom. The van der Waals surface area contributed by atoms with E-state index in [9.17, 15) is 24.6 Å². The fraction of sp³-hybridized carbons (Fsp3) is 0.115. The molecule has 0 aromatic heterocycles. The molecule has 0 bridgehead atoms. The highest BCUT2D eigenvalue weighted by Gasteiger charge is 2.47. The first-order valence-electron chi connectivity index (χ1n) is 10.5. The minimum absolute atomic E-state index is 0.120. The zero-order chi connectivity index (χ0) is 25.3. The van der Waals surface area contributed by atoms with Crippen molar-refractivity contribution < 1.29 is 29.3 Å². The number of hydrogen-bond donors (Lipinski definition) is 3. The number of phenolic OH excluding ortho intramolecular Hbond substituents is 1. The number of nitrogens with one attached hydrogen (secondary N) is 1. The van der Waals surface area contributed by atoms with E-state index in [-0.39, 0.29) is 28.7 Å². The number of nitrogens with zero attached hydrogens (tertiary/aromatic N) is 1. The molecule has 3 aromatic rings. The highest BCUT2D eigenvalue weighted by Crippen LogP contribution is 2.44. The van der Waals surface area contributed by atoms with Gasteiger partial charge < -0.3 is 20.3 Å². The molecule has 0 radical (unpaired) electrons. The van der Waals surface area contributed by atoms with Gasteiger partial charge >= 0.3 is 0 Å². The van der Waals surface area contributed by atoms with Gasteiger partial charge in [-0.3, -0.25) is 19.3 Å². The van der Waals surface area contributed by atoms with Gasteiger partial charge in [0.1, 0.15) is 5.76 Å². The summed E-state index contributed by atoms with van der Waals surface area (Å²) >= 11 is 5.96. The number of aromatic hydroxyl groups is 1. The number of Topliss-reactive ketones (excluding diaryl/α,β-unsaturated/α-hetero) is 1. The molecule has 3 N–H and O–H groups in total. The normalized spacial score (nSPS) is 16.9. The maximum absolute atomic E-state index is 13.2. The van der Waals surface area contributed by atoms with E-state index in [2.05, 4.69) is 5.32 Å². The van der Waals surface area contributed by atoms with E-state index in [4.69, 9.17) is 16.3 Å². The number of hydrogen-bond acceptors (Lipinski definition) is 6. The van der Waals surface area contributed by atoms with Crippen LogP contribution in [-0.2, 0) is 14.4 Å². The van der Waals surface area contributed by atoms with Crippen LogP contribution in [0, 0.1) is 0 Å². The summed E-state index contributed by atoms with van der Waals surface area (Å²) in [6.45, 7) is 1.38. The number of carbonyl (C=O) groups is 3. The molecule has 178 valence electrons. The van der Waals surface area contributed by atoms with E-state index >= 15 is 0 Å². The van der Waals surface area contributed by atoms with Crippen LogP contribution in [0.1, 0.15) is 24.1 Å². The third-order valence-corrected chi connectivity index (χ3v) is 5.80. The number of rotatable bonds is 5. The van der Waals surface area contributed by atoms with Crippen LogP contribution in [0.2, 0.25) is 5.02 Å². The third kappa shape index (κ3) is 4.56. The fourth-order valence-corrected chi connectivity index (χ4v) is 4.08. The molecule has 2 amide bonds. The number of amides is 2. The van der Waals surface area contributed by atoms with Crippen molar-refractivity contribution in [2.45, 2.75) is 13.0 Å². The number of carbonyl (C=O) groups excluding carboxylic acids is 3. The fourth-order valence-electron chi connectivity index (χ4n) is 3.95. The summed E-state index contributed by atoms with van der Waals surface area (Å²) in [7, 11) is 1.38. The Morgan fingerprint density at radius 2 is 1.69 bits per heavy atom. The molecule has 1 unspecified atom stereocenters. The molecule has 1 aliphatic heterocycles. The molecule has 4 rings (SSSR count). The topological polar surface area (TPSA) is 116 Å². The second-order valence-corrected chi connectivity index (χ2v) is 8.27. The largest absolute Gasteiger partial charge is 0.507 e. The molecule has 0 aliphatic carbocycles. The second kappa shape index (κ2) is 9.52. The van der Waals surface area contributed by atoms with E-state index in [1.165, 1.54) is 31.1 Å². The summed E-state index contributed by atoms with van der Waals surface area (Å²) in [6, 6.07) is 16.0. The molecule has 1 saturated heterocycles. The highest BCUT2D eigenvalue weighted by atomic mass is 35.5. The number of ether oxygens (including phenoxy) is 1. The molecule has 3 aromatic carbocycles. The van der Waals surface area contributed by atoms with E-state index in [0.29, 0.717) is 27.5 Å². The zero-order valence-electron chi connectivity index (χ0n) is 18.8. The Labute approximate surface area is 206 Å². The molecule has 1 heterocycles. The van der Waals surface area contributed by atoms with Crippen LogP contribution in [0.15, 0.2) is 72.3 Å². The first kappa shape index (κ1) is 23.8. The van der Waals surface area contributed by atoms with Crippen molar-refractivity contribution in [1.82, 2.24) is 0 Å². The third-order valence-electron chi connectivity index (χ3n) is 5.55. The lowest BCUT2D eigenvalue weighted by molar-refractivity contribution is -0.132. The number of anilines is 2. The average Bonchev–Trinajstić information content (AvgIpc) is 3.10. The lowest BCUT2D eigenvalue weighted by Crippen LogP contribution is -2.29. The van der Waals surface area contributed by atoms with Crippen LogP contribution in [0.25, 0.3) is 5.76 Å². The van der Waals surface area contributed by atoms with E-state index in [1.54, 1.807) is 54.6 Å². The van der Waals surface area contributed by atoms with Crippen molar-refractivity contribution in [1.29, 1.82) is 0 Å². The SMILES string of the molecule is COc1cc(C2/C(=C(\O)c3ccc(Cl)cc3)C(=O)C(=O)N2c2ccc(NC(C)=O)cc2)ccc1O. The van der Waals surface area contributed by atoms with E-state index in [0.717, 1.165) is 0 Å². The van der Waals surface area contributed by atoms with Crippen LogP contribution in [0.3, 0.4) is 0 Å². The Balaban J connectivity index is 1.90. The van der Waals surface area contributed by atoms with Gasteiger partial charge in [-0.15, -0.1) is 0 Å². The Morgan fingerprint density at radius 3 is 2.29 bits per heavy atom. The van der Waals surface area contributed by atoms with Crippen LogP contribution < -0.4 is 15.0 Å². The standard InChI is InChI=1S/C26H21ClN2O6/c1-14(30)28-18-8-10-19(11-9-18)29-23(16-5-12-20(31)21(13-16)35-2)22(25(33)26(29)34)24(32)15-3-6-17(27)7-4-15/h3-13,23,31-32H,1-2H3,(H,28,30)/b24-22+. The number of halogens is 1. The van der Waals surface area contributed by atoms with Crippen LogP contribution >= 0.6 is 11.6 Å². The van der Waals surface area contributed by atoms with Crippen molar-refractivity contribution in [3.63, 3.8) is 0 Å². The Kier molecular flexibility index (Phi) is 6.48. The van der Waals surface area contributed by atoms with Crippen molar-refractivity contribution in [3.05, 3.63) is 88.5 Å². The molecule has 1 aliphatic rings. The van der Waals surface area contributed by atoms with Gasteiger partial charge in [0.05, 0.1) is 18.7 Å². The van der Waals surface area contributed by atoms with Gasteiger partial charge in [0.15, 0.2) is 11.5 Å². The molecule has 0 spiro atoms. The van der Waals surface area contributed by atoms with Gasteiger partial charge in [-0.2, -0.15) is 0 Å². The molecule has 9 heteroatoms. The maximum Gasteiger partial charge on any atom is 0.300 e. The Bertz CT molecular complexity index is 1350. The summed E-state index contributed by atoms with van der Waals surface area (Å²) in [5, 5.41) is 24.3. The first-order valence-corrected chi connectivity index (χ1v) is 10.9. The number of methoxy groups -OCH3 is 1. The maximum atomic E-state index is 13.2. The first-order chi connectivity index (χ1) is 16.7. The van der Waals surface area contributed by atoms with Crippen LogP contribution in [0.4, 0.5) is 11.4 Å². The molecule has 35 heavy (non-hydrogen) atoms. The smallest absolute Gasteiger partial charge is 0.300 e. The summed E-state index contributed by atoms with van der Waals surface area (Å²) in [4.78, 5) is 39.1. The van der Waals surface area contributed by atoms with Gasteiger partial charge in [-0.05, 0) is 66.2 Å². The second-order valence-electron chi connectivity index (χ2n) is 7.84. The average molecular weight is 493 g/mol. The summed E-state index contributed by atoms with van der Waals surface area (Å²) in [5.74, 6) is -2.32. The molecule has 0 saturated carbocycles. The number of aliphatic hydroxyl groups excluding tert-OH is 1. The number of phenols is 1. The molecule has 8 nitrogen and oxygen atoms in total. The summed E-state index contributed by atoms with van der Waals surface area (Å²) in [6.07, 6.45) is 0. The number of benzene rings is 3. The molecule has 1 fully saturated rings. The van der Waals surface area contributed by atoms with E-state index in [1.807, 2.05) is 0 Å².